The Balaban J connectivity index is 0.00000124. The number of hydrogen-bond donors (Lipinski definition) is 5. The van der Waals surface area contributed by atoms with Crippen LogP contribution in [0.2, 0.25) is 0 Å². The van der Waals surface area contributed by atoms with Gasteiger partial charge in [-0.2, -0.15) is 15.0 Å². The van der Waals surface area contributed by atoms with E-state index in [4.69, 9.17) is 29.1 Å². The molecular formula is C25H36N10O6. The third-order valence-corrected chi connectivity index (χ3v) is 6.73. The minimum absolute atomic E-state index is 0.114. The molecule has 0 bridgehead atoms. The van der Waals surface area contributed by atoms with Gasteiger partial charge >= 0.3 is 0 Å². The number of aliphatic hydroxyl groups excluding tert-OH is 2. The monoisotopic (exact) mass is 572 g/mol. The van der Waals surface area contributed by atoms with Gasteiger partial charge in [0, 0.05) is 38.7 Å². The summed E-state index contributed by atoms with van der Waals surface area (Å²) in [6.07, 6.45) is 3.83. The molecule has 16 heteroatoms. The Kier molecular flexibility index (Phi) is 9.80. The molecule has 4 atom stereocenters. The first kappa shape index (κ1) is 29.8. The van der Waals surface area contributed by atoms with Crippen molar-refractivity contribution in [1.82, 2.24) is 39.2 Å². The molecule has 0 amide bonds. The number of nitrogens with zero attached hydrogens (tertiary/aromatic N) is 8. The Hall–Kier alpha value is -4.15. The highest BCUT2D eigenvalue weighted by atomic mass is 16.6. The van der Waals surface area contributed by atoms with Gasteiger partial charge in [-0.1, -0.05) is 25.9 Å². The largest absolute Gasteiger partial charge is 0.483 e. The maximum absolute atomic E-state index is 10.9. The fourth-order valence-corrected chi connectivity index (χ4v) is 4.49. The maximum atomic E-state index is 10.9. The molecule has 0 spiro atoms. The molecule has 16 nitrogen and oxygen atoms in total. The fourth-order valence-electron chi connectivity index (χ4n) is 4.49. The van der Waals surface area contributed by atoms with E-state index in [9.17, 15) is 10.2 Å². The summed E-state index contributed by atoms with van der Waals surface area (Å²) < 4.78 is 14.8. The molecule has 0 aliphatic carbocycles. The van der Waals surface area contributed by atoms with Gasteiger partial charge in [0.25, 0.3) is 12.4 Å². The summed E-state index contributed by atoms with van der Waals surface area (Å²) in [7, 11) is 1.93. The zero-order valence-corrected chi connectivity index (χ0v) is 23.4. The van der Waals surface area contributed by atoms with Crippen molar-refractivity contribution in [1.29, 1.82) is 0 Å². The lowest BCUT2D eigenvalue weighted by atomic mass is 10.1. The van der Waals surface area contributed by atoms with E-state index in [2.05, 4.69) is 44.6 Å². The summed E-state index contributed by atoms with van der Waals surface area (Å²) in [5.41, 5.74) is 1.94. The number of aliphatic hydroxyl groups is 2. The Morgan fingerprint density at radius 1 is 1.10 bits per heavy atom. The lowest BCUT2D eigenvalue weighted by Gasteiger charge is -2.18. The molecule has 1 aliphatic heterocycles. The molecule has 41 heavy (non-hydrogen) atoms. The second-order valence-corrected chi connectivity index (χ2v) is 9.52. The summed E-state index contributed by atoms with van der Waals surface area (Å²) in [6, 6.07) is 0.199. The molecule has 222 valence electrons. The van der Waals surface area contributed by atoms with E-state index in [-0.39, 0.29) is 18.4 Å². The van der Waals surface area contributed by atoms with Crippen molar-refractivity contribution < 1.29 is 29.4 Å². The van der Waals surface area contributed by atoms with Crippen LogP contribution in [0.15, 0.2) is 23.4 Å². The topological polar surface area (TPSA) is 211 Å². The van der Waals surface area contributed by atoms with Gasteiger partial charge in [-0.25, -0.2) is 9.97 Å². The highest BCUT2D eigenvalue weighted by Gasteiger charge is 2.47. The van der Waals surface area contributed by atoms with Gasteiger partial charge in [-0.15, -0.1) is 0 Å². The number of carbonyl (C=O) groups is 1. The first-order valence-electron chi connectivity index (χ1n) is 13.5. The molecule has 1 aliphatic rings. The molecule has 5 N–H and O–H groups in total. The third kappa shape index (κ3) is 6.61. The zero-order chi connectivity index (χ0) is 29.5. The zero-order valence-electron chi connectivity index (χ0n) is 23.4. The van der Waals surface area contributed by atoms with E-state index in [0.29, 0.717) is 48.1 Å². The van der Waals surface area contributed by atoms with E-state index < -0.39 is 24.5 Å². The fraction of sp³-hybridized carbons (Fsp3) is 0.560. The van der Waals surface area contributed by atoms with Crippen molar-refractivity contribution in [2.24, 2.45) is 7.05 Å². The SMILES string of the molecule is CCc1noc([C@H]2O[C@@H](n3cnc4c(NC(CC)CC)nc(NCCc5cn(C)cn5)nc43)[C@H](O)[C@@H]2O)n1.O=CO. The number of hydrogen-bond acceptors (Lipinski definition) is 13. The standard InChI is InChI=1S/C24H34N10O4.CH2O2/c1-5-13(6-2)28-20-16-21(31-24(30-20)25-9-8-14-10-33(4)11-26-14)34(12-27-16)23-18(36)17(35)19(37-23)22-29-15(7-3)32-38-22;2-1-3/h10-13,17-19,23,35-36H,5-9H2,1-4H3,(H2,25,28,30,31);1H,(H,2,3)/t17-,18+,19-,23+;/m0./s1. The van der Waals surface area contributed by atoms with Gasteiger partial charge in [0.15, 0.2) is 35.1 Å². The smallest absolute Gasteiger partial charge is 0.290 e. The molecule has 0 saturated carbocycles. The van der Waals surface area contributed by atoms with Gasteiger partial charge in [-0.05, 0) is 12.8 Å². The van der Waals surface area contributed by atoms with Gasteiger partial charge in [0.05, 0.1) is 18.3 Å². The molecule has 0 radical (unpaired) electrons. The van der Waals surface area contributed by atoms with Crippen molar-refractivity contribution in [3.8, 4) is 0 Å². The second kappa shape index (κ2) is 13.5. The molecule has 0 unspecified atom stereocenters. The van der Waals surface area contributed by atoms with Crippen LogP contribution in [0.1, 0.15) is 63.4 Å². The quantitative estimate of drug-likeness (QED) is 0.161. The third-order valence-electron chi connectivity index (χ3n) is 6.73. The average molecular weight is 573 g/mol. The summed E-state index contributed by atoms with van der Waals surface area (Å²) >= 11 is 0. The van der Waals surface area contributed by atoms with Crippen LogP contribution in [0.3, 0.4) is 0 Å². The number of anilines is 2. The van der Waals surface area contributed by atoms with E-state index >= 15 is 0 Å². The highest BCUT2D eigenvalue weighted by molar-refractivity contribution is 5.84. The lowest BCUT2D eigenvalue weighted by molar-refractivity contribution is -0.122. The maximum Gasteiger partial charge on any atom is 0.290 e. The van der Waals surface area contributed by atoms with Gasteiger partial charge in [0.1, 0.15) is 12.2 Å². The highest BCUT2D eigenvalue weighted by Crippen LogP contribution is 2.39. The van der Waals surface area contributed by atoms with Crippen molar-refractivity contribution in [3.05, 3.63) is 36.3 Å². The van der Waals surface area contributed by atoms with Crippen LogP contribution in [0, 0.1) is 0 Å². The van der Waals surface area contributed by atoms with E-state index in [1.807, 2.05) is 24.7 Å². The number of aromatic nitrogens is 8. The number of rotatable bonds is 11. The van der Waals surface area contributed by atoms with Gasteiger partial charge in [0.2, 0.25) is 5.95 Å². The van der Waals surface area contributed by atoms with Crippen LogP contribution >= 0.6 is 0 Å². The molecule has 1 saturated heterocycles. The van der Waals surface area contributed by atoms with Gasteiger partial charge < -0.3 is 39.8 Å². The van der Waals surface area contributed by atoms with Crippen molar-refractivity contribution in [2.45, 2.75) is 77.0 Å². The van der Waals surface area contributed by atoms with Crippen molar-refractivity contribution in [2.75, 3.05) is 17.2 Å². The molecular weight excluding hydrogens is 536 g/mol. The first-order chi connectivity index (χ1) is 19.8. The van der Waals surface area contributed by atoms with Crippen LogP contribution in [-0.4, -0.2) is 85.8 Å². The van der Waals surface area contributed by atoms with Crippen molar-refractivity contribution >= 4 is 29.4 Å². The Bertz CT molecular complexity index is 1420. The average Bonchev–Trinajstić information content (AvgIpc) is 3.76. The minimum Gasteiger partial charge on any atom is -0.483 e. The summed E-state index contributed by atoms with van der Waals surface area (Å²) in [5.74, 6) is 1.59. The number of aryl methyl sites for hydroxylation is 2. The van der Waals surface area contributed by atoms with Crippen LogP contribution in [0.25, 0.3) is 11.2 Å². The lowest BCUT2D eigenvalue weighted by Crippen LogP contribution is -2.29. The molecule has 0 aromatic carbocycles. The summed E-state index contributed by atoms with van der Waals surface area (Å²) in [6.45, 7) is 6.43. The predicted molar refractivity (Wildman–Crippen MR) is 146 cm³/mol. The molecule has 4 aromatic heterocycles. The van der Waals surface area contributed by atoms with Crippen LogP contribution < -0.4 is 10.6 Å². The number of fused-ring (bicyclic) bond motifs is 1. The van der Waals surface area contributed by atoms with Gasteiger partial charge in [-0.3, -0.25) is 9.36 Å². The molecule has 1 fully saturated rings. The normalized spacial score (nSPS) is 20.3. The van der Waals surface area contributed by atoms with Crippen LogP contribution in [-0.2, 0) is 29.4 Å². The molecule has 4 aromatic rings. The Morgan fingerprint density at radius 2 is 1.85 bits per heavy atom. The molecule has 5 rings (SSSR count). The number of nitrogens with one attached hydrogen (secondary N) is 2. The predicted octanol–water partition coefficient (Wildman–Crippen LogP) is 1.45. The van der Waals surface area contributed by atoms with Crippen LogP contribution in [0.4, 0.5) is 11.8 Å². The van der Waals surface area contributed by atoms with Crippen LogP contribution in [0.5, 0.6) is 0 Å². The molecule has 5 heterocycles. The van der Waals surface area contributed by atoms with Crippen molar-refractivity contribution in [3.63, 3.8) is 0 Å². The summed E-state index contributed by atoms with van der Waals surface area (Å²) in [4.78, 5) is 30.9. The minimum atomic E-state index is -1.28. The Labute approximate surface area is 235 Å². The Morgan fingerprint density at radius 3 is 2.49 bits per heavy atom. The first-order valence-corrected chi connectivity index (χ1v) is 13.5. The van der Waals surface area contributed by atoms with E-state index in [1.165, 1.54) is 6.33 Å². The number of carboxylic acid groups (broad SMARTS) is 1. The summed E-state index contributed by atoms with van der Waals surface area (Å²) in [5, 5.41) is 39.2. The number of imidazole rings is 2. The number of ether oxygens (including phenoxy) is 1. The van der Waals surface area contributed by atoms with E-state index in [0.717, 1.165) is 18.5 Å². The van der Waals surface area contributed by atoms with E-state index in [1.54, 1.807) is 10.9 Å². The second-order valence-electron chi connectivity index (χ2n) is 9.52.